The zero-order valence-electron chi connectivity index (χ0n) is 10.4. The third kappa shape index (κ3) is 4.10. The quantitative estimate of drug-likeness (QED) is 0.700. The second-order valence-corrected chi connectivity index (χ2v) is 4.83. The van der Waals surface area contributed by atoms with E-state index in [2.05, 4.69) is 19.2 Å². The van der Waals surface area contributed by atoms with Crippen LogP contribution in [0.3, 0.4) is 0 Å². The van der Waals surface area contributed by atoms with E-state index in [1.165, 1.54) is 0 Å². The van der Waals surface area contributed by atoms with Crippen molar-refractivity contribution in [2.45, 2.75) is 39.2 Å². The third-order valence-corrected chi connectivity index (χ3v) is 3.22. The summed E-state index contributed by atoms with van der Waals surface area (Å²) in [5, 5.41) is 12.2. The monoisotopic (exact) mass is 228 g/mol. The van der Waals surface area contributed by atoms with E-state index < -0.39 is 0 Å². The van der Waals surface area contributed by atoms with Crippen LogP contribution in [0.5, 0.6) is 0 Å². The van der Waals surface area contributed by atoms with Crippen molar-refractivity contribution >= 4 is 5.91 Å². The lowest BCUT2D eigenvalue weighted by atomic mass is 10.0. The van der Waals surface area contributed by atoms with Crippen LogP contribution in [-0.2, 0) is 4.79 Å². The number of nitrogens with zero attached hydrogens (tertiary/aromatic N) is 1. The Hall–Kier alpha value is -0.610. The fourth-order valence-corrected chi connectivity index (χ4v) is 2.11. The molecule has 1 heterocycles. The van der Waals surface area contributed by atoms with Crippen molar-refractivity contribution in [2.75, 3.05) is 26.2 Å². The van der Waals surface area contributed by atoms with Crippen molar-refractivity contribution in [3.8, 4) is 0 Å². The number of amides is 1. The molecule has 1 rings (SSSR count). The maximum Gasteiger partial charge on any atom is 0.236 e. The SMILES string of the molecule is CC(C)C(CCO)NCC(=O)N1CCCC1. The van der Waals surface area contributed by atoms with Crippen LogP contribution in [0.25, 0.3) is 0 Å². The Morgan fingerprint density at radius 3 is 2.50 bits per heavy atom. The van der Waals surface area contributed by atoms with E-state index in [4.69, 9.17) is 5.11 Å². The minimum atomic E-state index is 0.174. The Kier molecular flexibility index (Phi) is 5.77. The van der Waals surface area contributed by atoms with Gasteiger partial charge in [0.2, 0.25) is 5.91 Å². The molecule has 1 amide bonds. The Labute approximate surface area is 98.0 Å². The van der Waals surface area contributed by atoms with Crippen LogP contribution >= 0.6 is 0 Å². The first kappa shape index (κ1) is 13.5. The van der Waals surface area contributed by atoms with Crippen molar-refractivity contribution in [3.63, 3.8) is 0 Å². The van der Waals surface area contributed by atoms with E-state index >= 15 is 0 Å². The molecular formula is C12H24N2O2. The van der Waals surface area contributed by atoms with Gasteiger partial charge in [-0.2, -0.15) is 0 Å². The van der Waals surface area contributed by atoms with Crippen molar-refractivity contribution in [1.82, 2.24) is 10.2 Å². The van der Waals surface area contributed by atoms with Gasteiger partial charge in [-0.1, -0.05) is 13.8 Å². The molecule has 0 aliphatic carbocycles. The minimum Gasteiger partial charge on any atom is -0.396 e. The lowest BCUT2D eigenvalue weighted by Crippen LogP contribution is -2.42. The summed E-state index contributed by atoms with van der Waals surface area (Å²) < 4.78 is 0. The Balaban J connectivity index is 2.27. The molecule has 94 valence electrons. The fraction of sp³-hybridized carbons (Fsp3) is 0.917. The van der Waals surface area contributed by atoms with Gasteiger partial charge in [-0.15, -0.1) is 0 Å². The van der Waals surface area contributed by atoms with Gasteiger partial charge in [-0.25, -0.2) is 0 Å². The lowest BCUT2D eigenvalue weighted by molar-refractivity contribution is -0.129. The van der Waals surface area contributed by atoms with Crippen LogP contribution in [0.4, 0.5) is 0 Å². The summed E-state index contributed by atoms with van der Waals surface area (Å²) in [7, 11) is 0. The lowest BCUT2D eigenvalue weighted by Gasteiger charge is -2.23. The second-order valence-electron chi connectivity index (χ2n) is 4.83. The fourth-order valence-electron chi connectivity index (χ4n) is 2.11. The van der Waals surface area contributed by atoms with Crippen LogP contribution in [0, 0.1) is 5.92 Å². The standard InChI is InChI=1S/C12H24N2O2/c1-10(2)11(5-8-15)13-9-12(16)14-6-3-4-7-14/h10-11,13,15H,3-9H2,1-2H3. The predicted octanol–water partition coefficient (Wildman–Crippen LogP) is 0.605. The third-order valence-electron chi connectivity index (χ3n) is 3.22. The van der Waals surface area contributed by atoms with Crippen molar-refractivity contribution in [1.29, 1.82) is 0 Å². The highest BCUT2D eigenvalue weighted by Crippen LogP contribution is 2.08. The topological polar surface area (TPSA) is 52.6 Å². The van der Waals surface area contributed by atoms with Gasteiger partial charge in [0.25, 0.3) is 0 Å². The maximum absolute atomic E-state index is 11.8. The first-order valence-corrected chi connectivity index (χ1v) is 6.27. The van der Waals surface area contributed by atoms with E-state index in [0.717, 1.165) is 25.9 Å². The zero-order valence-corrected chi connectivity index (χ0v) is 10.4. The summed E-state index contributed by atoms with van der Waals surface area (Å²) in [6.07, 6.45) is 2.98. The number of aliphatic hydroxyl groups is 1. The van der Waals surface area contributed by atoms with Crippen molar-refractivity contribution < 1.29 is 9.90 Å². The highest BCUT2D eigenvalue weighted by Gasteiger charge is 2.19. The molecule has 16 heavy (non-hydrogen) atoms. The van der Waals surface area contributed by atoms with Gasteiger partial charge in [-0.05, 0) is 25.2 Å². The Morgan fingerprint density at radius 2 is 2.00 bits per heavy atom. The number of hydrogen-bond donors (Lipinski definition) is 2. The van der Waals surface area contributed by atoms with Crippen molar-refractivity contribution in [2.24, 2.45) is 5.92 Å². The molecule has 4 nitrogen and oxygen atoms in total. The van der Waals surface area contributed by atoms with Gasteiger partial charge in [-0.3, -0.25) is 4.79 Å². The number of nitrogens with one attached hydrogen (secondary N) is 1. The van der Waals surface area contributed by atoms with Crippen molar-refractivity contribution in [3.05, 3.63) is 0 Å². The molecule has 0 bridgehead atoms. The highest BCUT2D eigenvalue weighted by molar-refractivity contribution is 5.78. The second kappa shape index (κ2) is 6.86. The molecule has 1 saturated heterocycles. The Bertz CT molecular complexity index is 213. The van der Waals surface area contributed by atoms with Gasteiger partial charge in [0, 0.05) is 25.7 Å². The molecule has 1 unspecified atom stereocenters. The number of likely N-dealkylation sites (tertiary alicyclic amines) is 1. The van der Waals surface area contributed by atoms with E-state index in [0.29, 0.717) is 18.9 Å². The molecule has 1 fully saturated rings. The Morgan fingerprint density at radius 1 is 1.38 bits per heavy atom. The number of rotatable bonds is 6. The summed E-state index contributed by atoms with van der Waals surface area (Å²) in [5.74, 6) is 0.639. The van der Waals surface area contributed by atoms with E-state index in [1.54, 1.807) is 0 Å². The molecule has 1 atom stereocenters. The molecule has 0 aromatic rings. The van der Waals surface area contributed by atoms with Gasteiger partial charge in [0.05, 0.1) is 6.54 Å². The normalized spacial score (nSPS) is 18.1. The minimum absolute atomic E-state index is 0.174. The molecule has 1 aliphatic heterocycles. The summed E-state index contributed by atoms with van der Waals surface area (Å²) in [6.45, 7) is 6.61. The number of carbonyl (C=O) groups excluding carboxylic acids is 1. The first-order chi connectivity index (χ1) is 7.65. The number of aliphatic hydroxyl groups excluding tert-OH is 1. The van der Waals surface area contributed by atoms with Crippen LogP contribution in [0.2, 0.25) is 0 Å². The largest absolute Gasteiger partial charge is 0.396 e. The van der Waals surface area contributed by atoms with E-state index in [-0.39, 0.29) is 18.6 Å². The van der Waals surface area contributed by atoms with Gasteiger partial charge >= 0.3 is 0 Å². The van der Waals surface area contributed by atoms with E-state index in [1.807, 2.05) is 4.90 Å². The van der Waals surface area contributed by atoms with Crippen LogP contribution in [-0.4, -0.2) is 48.2 Å². The molecule has 1 aliphatic rings. The van der Waals surface area contributed by atoms with Gasteiger partial charge in [0.15, 0.2) is 0 Å². The molecular weight excluding hydrogens is 204 g/mol. The highest BCUT2D eigenvalue weighted by atomic mass is 16.3. The average Bonchev–Trinajstić information content (AvgIpc) is 2.76. The predicted molar refractivity (Wildman–Crippen MR) is 64.1 cm³/mol. The molecule has 0 aromatic carbocycles. The molecule has 0 aromatic heterocycles. The van der Waals surface area contributed by atoms with Gasteiger partial charge < -0.3 is 15.3 Å². The van der Waals surface area contributed by atoms with Crippen LogP contribution in [0.15, 0.2) is 0 Å². The van der Waals surface area contributed by atoms with Crippen LogP contribution < -0.4 is 5.32 Å². The maximum atomic E-state index is 11.8. The zero-order chi connectivity index (χ0) is 12.0. The number of hydrogen-bond acceptors (Lipinski definition) is 3. The smallest absolute Gasteiger partial charge is 0.236 e. The summed E-state index contributed by atoms with van der Waals surface area (Å²) in [4.78, 5) is 13.7. The van der Waals surface area contributed by atoms with E-state index in [9.17, 15) is 4.79 Å². The number of carbonyl (C=O) groups is 1. The van der Waals surface area contributed by atoms with Gasteiger partial charge in [0.1, 0.15) is 0 Å². The van der Waals surface area contributed by atoms with Crippen LogP contribution in [0.1, 0.15) is 33.1 Å². The molecule has 2 N–H and O–H groups in total. The molecule has 0 saturated carbocycles. The molecule has 0 radical (unpaired) electrons. The summed E-state index contributed by atoms with van der Waals surface area (Å²) in [5.41, 5.74) is 0. The first-order valence-electron chi connectivity index (χ1n) is 6.27. The average molecular weight is 228 g/mol. The molecule has 0 spiro atoms. The molecule has 4 heteroatoms. The summed E-state index contributed by atoms with van der Waals surface area (Å²) in [6, 6.07) is 0.233. The summed E-state index contributed by atoms with van der Waals surface area (Å²) >= 11 is 0.